The Morgan fingerprint density at radius 1 is 1.36 bits per heavy atom. The summed E-state index contributed by atoms with van der Waals surface area (Å²) >= 11 is 0. The summed E-state index contributed by atoms with van der Waals surface area (Å²) in [5.74, 6) is -0.467. The van der Waals surface area contributed by atoms with Crippen LogP contribution in [0.1, 0.15) is 70.8 Å². The molecule has 2 unspecified atom stereocenters. The fourth-order valence-corrected chi connectivity index (χ4v) is 2.94. The molecule has 3 N–H and O–H groups in total. The van der Waals surface area contributed by atoms with Gasteiger partial charge in [0.2, 0.25) is 5.97 Å². The normalized spacial score (nSPS) is 23.8. The minimum atomic E-state index is -0.467. The van der Waals surface area contributed by atoms with Gasteiger partial charge in [0.05, 0.1) is 17.1 Å². The molecule has 22 heavy (non-hydrogen) atoms. The lowest BCUT2D eigenvalue weighted by molar-refractivity contribution is 0.520. The van der Waals surface area contributed by atoms with Gasteiger partial charge in [-0.25, -0.2) is 4.68 Å². The molecule has 0 bridgehead atoms. The number of allylic oxidation sites excluding steroid dienone is 1. The first-order valence-electron chi connectivity index (χ1n) is 8.12. The molecule has 1 fully saturated rings. The average molecular weight is 306 g/mol. The Morgan fingerprint density at radius 2 is 2.09 bits per heavy atom. The Bertz CT molecular complexity index is 581. The lowest BCUT2D eigenvalue weighted by atomic mass is 10.1. The van der Waals surface area contributed by atoms with Crippen LogP contribution in [0.4, 0.5) is 4.39 Å². The Labute approximate surface area is 132 Å². The zero-order valence-electron chi connectivity index (χ0n) is 14.0. The molecule has 5 heteroatoms. The van der Waals surface area contributed by atoms with E-state index in [-0.39, 0.29) is 6.04 Å². The number of nitrogens with two attached hydrogens (primary N) is 1. The minimum absolute atomic E-state index is 0.205. The number of hydrogen-bond donors (Lipinski definition) is 2. The molecule has 1 aliphatic rings. The highest BCUT2D eigenvalue weighted by molar-refractivity contribution is 5.72. The monoisotopic (exact) mass is 306 g/mol. The summed E-state index contributed by atoms with van der Waals surface area (Å²) in [6, 6.07) is 4.68. The first kappa shape index (κ1) is 16.7. The van der Waals surface area contributed by atoms with Crippen LogP contribution in [-0.2, 0) is 0 Å². The fourth-order valence-electron chi connectivity index (χ4n) is 2.94. The van der Waals surface area contributed by atoms with Gasteiger partial charge in [0.15, 0.2) is 0 Å². The topological polar surface area (TPSA) is 55.3 Å². The van der Waals surface area contributed by atoms with E-state index in [1.807, 2.05) is 19.1 Å². The maximum absolute atomic E-state index is 13.5. The van der Waals surface area contributed by atoms with Crippen molar-refractivity contribution in [3.05, 3.63) is 29.1 Å². The molecule has 0 aromatic carbocycles. The van der Waals surface area contributed by atoms with Crippen LogP contribution in [0.2, 0.25) is 0 Å². The van der Waals surface area contributed by atoms with E-state index in [1.165, 1.54) is 6.92 Å². The highest BCUT2D eigenvalue weighted by Gasteiger charge is 2.27. The zero-order valence-corrected chi connectivity index (χ0v) is 14.0. The number of hydrogen-bond acceptors (Lipinski definition) is 3. The van der Waals surface area contributed by atoms with Crippen LogP contribution in [0.15, 0.2) is 22.8 Å². The van der Waals surface area contributed by atoms with Crippen LogP contribution in [0.25, 0.3) is 5.70 Å². The van der Waals surface area contributed by atoms with Gasteiger partial charge in [-0.3, -0.25) is 0 Å². The highest BCUT2D eigenvalue weighted by Crippen LogP contribution is 2.31. The first-order valence-corrected chi connectivity index (χ1v) is 8.12. The molecule has 1 aliphatic heterocycles. The number of halogens is 1. The largest absolute Gasteiger partial charge is 0.397 e. The van der Waals surface area contributed by atoms with Gasteiger partial charge in [0.25, 0.3) is 0 Å². The Morgan fingerprint density at radius 3 is 2.64 bits per heavy atom. The van der Waals surface area contributed by atoms with Gasteiger partial charge in [0, 0.05) is 19.0 Å². The molecule has 0 aliphatic carbocycles. The molecule has 2 rings (SSSR count). The predicted molar refractivity (Wildman–Crippen MR) is 90.3 cm³/mol. The molecule has 1 aromatic heterocycles. The van der Waals surface area contributed by atoms with Gasteiger partial charge in [0.1, 0.15) is 0 Å². The number of nitrogens with zero attached hydrogens (tertiary/aromatic N) is 2. The molecular weight excluding hydrogens is 279 g/mol. The van der Waals surface area contributed by atoms with Crippen LogP contribution >= 0.6 is 0 Å². The van der Waals surface area contributed by atoms with Gasteiger partial charge in [-0.2, -0.15) is 4.39 Å². The molecule has 1 saturated heterocycles. The highest BCUT2D eigenvalue weighted by atomic mass is 19.1. The maximum Gasteiger partial charge on any atom is 0.205 e. The molecule has 0 saturated carbocycles. The van der Waals surface area contributed by atoms with Crippen molar-refractivity contribution >= 4 is 11.7 Å². The molecule has 2 heterocycles. The van der Waals surface area contributed by atoms with Crippen molar-refractivity contribution in [3.63, 3.8) is 0 Å². The molecule has 2 atom stereocenters. The lowest BCUT2D eigenvalue weighted by Crippen LogP contribution is -2.24. The summed E-state index contributed by atoms with van der Waals surface area (Å²) in [6.45, 7) is 7.60. The second-order valence-electron chi connectivity index (χ2n) is 6.00. The second-order valence-corrected chi connectivity index (χ2v) is 6.00. The van der Waals surface area contributed by atoms with Crippen molar-refractivity contribution in [2.45, 2.75) is 65.5 Å². The van der Waals surface area contributed by atoms with Crippen molar-refractivity contribution in [2.75, 3.05) is 0 Å². The molecule has 0 amide bonds. The average Bonchev–Trinajstić information content (AvgIpc) is 3.11. The third-order valence-electron chi connectivity index (χ3n) is 4.48. The van der Waals surface area contributed by atoms with E-state index in [2.05, 4.69) is 24.3 Å². The zero-order chi connectivity index (χ0) is 16.3. The van der Waals surface area contributed by atoms with E-state index in [0.29, 0.717) is 11.7 Å². The van der Waals surface area contributed by atoms with Crippen molar-refractivity contribution in [1.82, 2.24) is 9.99 Å². The molecule has 0 spiro atoms. The van der Waals surface area contributed by atoms with E-state index in [4.69, 9.17) is 5.73 Å². The third-order valence-corrected chi connectivity index (χ3v) is 4.48. The van der Waals surface area contributed by atoms with E-state index in [9.17, 15) is 4.39 Å². The van der Waals surface area contributed by atoms with Crippen molar-refractivity contribution < 1.29 is 4.39 Å². The Kier molecular flexibility index (Phi) is 5.40. The van der Waals surface area contributed by atoms with Crippen LogP contribution in [0, 0.1) is 0 Å². The molecule has 122 valence electrons. The van der Waals surface area contributed by atoms with Crippen LogP contribution in [0.5, 0.6) is 0 Å². The summed E-state index contributed by atoms with van der Waals surface area (Å²) in [7, 11) is 0. The molecule has 4 nitrogen and oxygen atoms in total. The summed E-state index contributed by atoms with van der Waals surface area (Å²) in [5, 5.41) is 7.66. The number of aromatic nitrogens is 1. The van der Waals surface area contributed by atoms with E-state index < -0.39 is 5.97 Å². The van der Waals surface area contributed by atoms with Crippen LogP contribution in [-0.4, -0.2) is 16.7 Å². The van der Waals surface area contributed by atoms with Crippen molar-refractivity contribution in [1.29, 1.82) is 0 Å². The quantitative estimate of drug-likeness (QED) is 0.810. The SMILES string of the molecule is CC/C(C)=C(\N)c1ccc(C2CCC(CC)N2)n1/N=C(\C)F. The maximum atomic E-state index is 13.5. The summed E-state index contributed by atoms with van der Waals surface area (Å²) in [6.07, 6.45) is 4.15. The number of rotatable bonds is 5. The van der Waals surface area contributed by atoms with E-state index in [1.54, 1.807) is 4.68 Å². The van der Waals surface area contributed by atoms with Crippen molar-refractivity contribution in [2.24, 2.45) is 10.8 Å². The standard InChI is InChI=1S/C17H27FN4/c1-5-11(3)17(19)16-10-9-15(22(16)21-12(4)18)14-8-7-13(6-2)20-14/h9-10,13-14,20H,5-8,19H2,1-4H3/b17-11-,21-12+. The lowest BCUT2D eigenvalue weighted by Gasteiger charge is -2.16. The summed E-state index contributed by atoms with van der Waals surface area (Å²) in [5.41, 5.74) is 9.76. The second kappa shape index (κ2) is 7.09. The van der Waals surface area contributed by atoms with Gasteiger partial charge in [-0.05, 0) is 50.3 Å². The molecule has 1 aromatic rings. The van der Waals surface area contributed by atoms with Crippen LogP contribution < -0.4 is 11.1 Å². The van der Waals surface area contributed by atoms with Gasteiger partial charge in [-0.15, -0.1) is 5.10 Å². The minimum Gasteiger partial charge on any atom is -0.397 e. The van der Waals surface area contributed by atoms with E-state index >= 15 is 0 Å². The summed E-state index contributed by atoms with van der Waals surface area (Å²) in [4.78, 5) is 0. The fraction of sp³-hybridized carbons (Fsp3) is 0.588. The Hall–Kier alpha value is -1.62. The van der Waals surface area contributed by atoms with Crippen molar-refractivity contribution in [3.8, 4) is 0 Å². The smallest absolute Gasteiger partial charge is 0.205 e. The first-order chi connectivity index (χ1) is 10.5. The molecule has 0 radical (unpaired) electrons. The van der Waals surface area contributed by atoms with Gasteiger partial charge >= 0.3 is 0 Å². The van der Waals surface area contributed by atoms with Gasteiger partial charge in [-0.1, -0.05) is 13.8 Å². The van der Waals surface area contributed by atoms with E-state index in [0.717, 1.165) is 42.6 Å². The molecular formula is C17H27FN4. The predicted octanol–water partition coefficient (Wildman–Crippen LogP) is 3.94. The number of nitrogens with one attached hydrogen (secondary N) is 1. The van der Waals surface area contributed by atoms with Crippen LogP contribution in [0.3, 0.4) is 0 Å². The summed E-state index contributed by atoms with van der Waals surface area (Å²) < 4.78 is 15.1. The third kappa shape index (κ3) is 3.40. The Balaban J connectivity index is 2.44. The van der Waals surface area contributed by atoms with Gasteiger partial charge < -0.3 is 11.1 Å².